The largest absolute Gasteiger partial charge is 0.315 e. The summed E-state index contributed by atoms with van der Waals surface area (Å²) >= 11 is 0. The number of para-hydroxylation sites is 2. The molecule has 7 aromatic carbocycles. The second-order valence-corrected chi connectivity index (χ2v) is 13.3. The summed E-state index contributed by atoms with van der Waals surface area (Å²) in [4.78, 5) is 14.8. The van der Waals surface area contributed by atoms with Crippen LogP contribution in [0.2, 0.25) is 0 Å². The van der Waals surface area contributed by atoms with E-state index in [1.807, 2.05) is 60.7 Å². The molecule has 0 atom stereocenters. The van der Waals surface area contributed by atoms with Crippen LogP contribution in [0.4, 0.5) is 0 Å². The molecular formula is C47H29N5. The van der Waals surface area contributed by atoms with Crippen LogP contribution in [0.5, 0.6) is 0 Å². The van der Waals surface area contributed by atoms with Crippen LogP contribution in [0, 0.1) is 0 Å². The van der Waals surface area contributed by atoms with Gasteiger partial charge >= 0.3 is 0 Å². The number of hydrogen-bond donors (Lipinski definition) is 0. The Bertz CT molecular complexity index is 3050. The zero-order chi connectivity index (χ0) is 34.2. The minimum Gasteiger partial charge on any atom is -0.315 e. The maximum atomic E-state index is 4.96. The molecule has 11 rings (SSSR count). The van der Waals surface area contributed by atoms with Gasteiger partial charge in [-0.1, -0.05) is 127 Å². The molecule has 0 radical (unpaired) electrons. The standard InChI is InChI=1S/C47H29N5/c1-3-12-31(13-4-1)45-48-46(32-14-5-2-6-15-32)50-47(49-45)34-17-11-16-33(28-34)30-22-24-35(25-23-30)52-42-21-10-8-19-37(42)40-29-39-36-18-7-9-20-41(36)51-27-26-38(43(39)51)44(40)52/h1-29H. The van der Waals surface area contributed by atoms with E-state index < -0.39 is 0 Å². The third-order valence-electron chi connectivity index (χ3n) is 10.3. The van der Waals surface area contributed by atoms with Gasteiger partial charge in [0.15, 0.2) is 17.5 Å². The van der Waals surface area contributed by atoms with Crippen LogP contribution < -0.4 is 0 Å². The predicted octanol–water partition coefficient (Wildman–Crippen LogP) is 11.6. The third kappa shape index (κ3) is 4.33. The van der Waals surface area contributed by atoms with Crippen molar-refractivity contribution in [1.29, 1.82) is 0 Å². The highest BCUT2D eigenvalue weighted by atomic mass is 15.0. The molecule has 0 aliphatic heterocycles. The van der Waals surface area contributed by atoms with Gasteiger partial charge in [-0.2, -0.15) is 0 Å². The van der Waals surface area contributed by atoms with Crippen molar-refractivity contribution < 1.29 is 0 Å². The summed E-state index contributed by atoms with van der Waals surface area (Å²) in [5.41, 5.74) is 11.2. The van der Waals surface area contributed by atoms with E-state index in [0.29, 0.717) is 17.5 Å². The Labute approximate surface area is 299 Å². The number of rotatable bonds is 5. The molecule has 0 spiro atoms. The van der Waals surface area contributed by atoms with Gasteiger partial charge in [0, 0.05) is 55.5 Å². The summed E-state index contributed by atoms with van der Waals surface area (Å²) in [6.45, 7) is 0. The van der Waals surface area contributed by atoms with Crippen LogP contribution in [0.3, 0.4) is 0 Å². The fourth-order valence-electron chi connectivity index (χ4n) is 7.95. The summed E-state index contributed by atoms with van der Waals surface area (Å²) in [5.74, 6) is 1.95. The van der Waals surface area contributed by atoms with Crippen molar-refractivity contribution in [3.63, 3.8) is 0 Å². The second kappa shape index (κ2) is 11.2. The Kier molecular flexibility index (Phi) is 6.18. The highest BCUT2D eigenvalue weighted by Gasteiger charge is 2.21. The highest BCUT2D eigenvalue weighted by Crippen LogP contribution is 2.42. The van der Waals surface area contributed by atoms with Gasteiger partial charge in [0.2, 0.25) is 0 Å². The van der Waals surface area contributed by atoms with Gasteiger partial charge in [0.1, 0.15) is 0 Å². The minimum absolute atomic E-state index is 0.645. The number of fused-ring (bicyclic) bond motifs is 7. The van der Waals surface area contributed by atoms with Crippen LogP contribution in [-0.2, 0) is 0 Å². The molecule has 5 nitrogen and oxygen atoms in total. The van der Waals surface area contributed by atoms with Crippen molar-refractivity contribution in [2.24, 2.45) is 0 Å². The molecule has 0 aliphatic rings. The molecule has 11 aromatic rings. The minimum atomic E-state index is 0.645. The maximum absolute atomic E-state index is 4.96. The molecular weight excluding hydrogens is 635 g/mol. The smallest absolute Gasteiger partial charge is 0.164 e. The Balaban J connectivity index is 1.03. The van der Waals surface area contributed by atoms with Gasteiger partial charge < -0.3 is 8.97 Å². The molecule has 52 heavy (non-hydrogen) atoms. The van der Waals surface area contributed by atoms with Crippen molar-refractivity contribution in [3.05, 3.63) is 176 Å². The van der Waals surface area contributed by atoms with Crippen molar-refractivity contribution in [1.82, 2.24) is 23.9 Å². The number of nitrogens with zero attached hydrogens (tertiary/aromatic N) is 5. The summed E-state index contributed by atoms with van der Waals surface area (Å²) < 4.78 is 4.77. The molecule has 0 bridgehead atoms. The molecule has 242 valence electrons. The quantitative estimate of drug-likeness (QED) is 0.184. The first-order valence-corrected chi connectivity index (χ1v) is 17.5. The summed E-state index contributed by atoms with van der Waals surface area (Å²) in [5, 5.41) is 6.38. The van der Waals surface area contributed by atoms with Crippen molar-refractivity contribution in [2.45, 2.75) is 0 Å². The maximum Gasteiger partial charge on any atom is 0.164 e. The molecule has 5 heteroatoms. The van der Waals surface area contributed by atoms with Gasteiger partial charge in [-0.15, -0.1) is 0 Å². The topological polar surface area (TPSA) is 48.0 Å². The lowest BCUT2D eigenvalue weighted by Crippen LogP contribution is -2.00. The Morgan fingerprint density at radius 2 is 0.865 bits per heavy atom. The average molecular weight is 664 g/mol. The van der Waals surface area contributed by atoms with E-state index in [0.717, 1.165) is 33.5 Å². The van der Waals surface area contributed by atoms with E-state index in [-0.39, 0.29) is 0 Å². The average Bonchev–Trinajstić information content (AvgIpc) is 3.91. The number of aromatic nitrogens is 5. The van der Waals surface area contributed by atoms with Gasteiger partial charge in [-0.25, -0.2) is 15.0 Å². The zero-order valence-corrected chi connectivity index (χ0v) is 28.0. The normalized spacial score (nSPS) is 11.8. The van der Waals surface area contributed by atoms with Crippen molar-refractivity contribution >= 4 is 49.0 Å². The lowest BCUT2D eigenvalue weighted by molar-refractivity contribution is 1.07. The second-order valence-electron chi connectivity index (χ2n) is 13.3. The van der Waals surface area contributed by atoms with Crippen LogP contribution in [0.25, 0.3) is 100.0 Å². The molecule has 4 aromatic heterocycles. The van der Waals surface area contributed by atoms with E-state index in [2.05, 4.69) is 124 Å². The van der Waals surface area contributed by atoms with Crippen LogP contribution >= 0.6 is 0 Å². The molecule has 0 fully saturated rings. The summed E-state index contributed by atoms with van der Waals surface area (Å²) in [7, 11) is 0. The van der Waals surface area contributed by atoms with Crippen LogP contribution in [-0.4, -0.2) is 23.9 Å². The molecule has 4 heterocycles. The Hall–Kier alpha value is -7.11. The lowest BCUT2D eigenvalue weighted by atomic mass is 10.0. The summed E-state index contributed by atoms with van der Waals surface area (Å²) in [6.07, 6.45) is 2.22. The van der Waals surface area contributed by atoms with E-state index >= 15 is 0 Å². The first-order valence-electron chi connectivity index (χ1n) is 17.5. The first kappa shape index (κ1) is 28.7. The summed E-state index contributed by atoms with van der Waals surface area (Å²) in [6, 6.07) is 59.7. The molecule has 0 N–H and O–H groups in total. The Morgan fingerprint density at radius 3 is 1.56 bits per heavy atom. The SMILES string of the molecule is c1ccc(-c2nc(-c3ccccc3)nc(-c3cccc(-c4ccc(-n5c6ccccc6c6cc7c8ccccc8n8ccc(c65)c78)cc4)c3)n2)cc1. The van der Waals surface area contributed by atoms with Gasteiger partial charge in [0.25, 0.3) is 0 Å². The van der Waals surface area contributed by atoms with Gasteiger partial charge in [0.05, 0.1) is 22.1 Å². The Morgan fingerprint density at radius 1 is 0.327 bits per heavy atom. The molecule has 0 saturated heterocycles. The van der Waals surface area contributed by atoms with Crippen molar-refractivity contribution in [3.8, 4) is 51.0 Å². The molecule has 0 saturated carbocycles. The predicted molar refractivity (Wildman–Crippen MR) is 213 cm³/mol. The number of hydrogen-bond acceptors (Lipinski definition) is 3. The van der Waals surface area contributed by atoms with Crippen LogP contribution in [0.1, 0.15) is 0 Å². The zero-order valence-electron chi connectivity index (χ0n) is 28.0. The lowest BCUT2D eigenvalue weighted by Gasteiger charge is -2.11. The molecule has 0 aliphatic carbocycles. The van der Waals surface area contributed by atoms with Gasteiger partial charge in [-0.3, -0.25) is 0 Å². The molecule has 0 amide bonds. The van der Waals surface area contributed by atoms with Crippen LogP contribution in [0.15, 0.2) is 176 Å². The fourth-order valence-corrected chi connectivity index (χ4v) is 7.95. The highest BCUT2D eigenvalue weighted by molar-refractivity contribution is 6.27. The van der Waals surface area contributed by atoms with E-state index in [4.69, 9.17) is 15.0 Å². The van der Waals surface area contributed by atoms with Gasteiger partial charge in [-0.05, 0) is 53.6 Å². The molecule has 0 unspecified atom stereocenters. The van der Waals surface area contributed by atoms with E-state index in [1.165, 1.54) is 49.0 Å². The third-order valence-corrected chi connectivity index (χ3v) is 10.3. The fraction of sp³-hybridized carbons (Fsp3) is 0. The van der Waals surface area contributed by atoms with Crippen molar-refractivity contribution in [2.75, 3.05) is 0 Å². The number of benzene rings is 7. The monoisotopic (exact) mass is 663 g/mol. The van der Waals surface area contributed by atoms with E-state index in [9.17, 15) is 0 Å². The first-order chi connectivity index (χ1) is 25.8. The van der Waals surface area contributed by atoms with E-state index in [1.54, 1.807) is 0 Å².